The highest BCUT2D eigenvalue weighted by Gasteiger charge is 2.27. The Morgan fingerprint density at radius 1 is 0.442 bits per heavy atom. The Labute approximate surface area is 300 Å². The lowest BCUT2D eigenvalue weighted by Crippen LogP contribution is -2.07. The zero-order chi connectivity index (χ0) is 34.6. The van der Waals surface area contributed by atoms with E-state index in [1.807, 2.05) is 127 Å². The maximum Gasteiger partial charge on any atom is 0.238 e. The summed E-state index contributed by atoms with van der Waals surface area (Å²) in [5.41, 5.74) is 8.61. The van der Waals surface area contributed by atoms with E-state index in [0.717, 1.165) is 65.8 Å². The second-order valence-corrected chi connectivity index (χ2v) is 14.9. The van der Waals surface area contributed by atoms with Crippen molar-refractivity contribution < 1.29 is 4.21 Å². The van der Waals surface area contributed by atoms with Crippen molar-refractivity contribution in [1.29, 1.82) is 0 Å². The Kier molecular flexibility index (Phi) is 6.94. The molecule has 0 saturated heterocycles. The first-order valence-electron chi connectivity index (χ1n) is 17.1. The van der Waals surface area contributed by atoms with Crippen LogP contribution in [0.2, 0.25) is 0 Å². The third-order valence-corrected chi connectivity index (χ3v) is 12.0. The zero-order valence-electron chi connectivity index (χ0n) is 27.8. The van der Waals surface area contributed by atoms with E-state index < -0.39 is 9.73 Å². The number of rotatable bonds is 5. The molecule has 1 unspecified atom stereocenters. The molecule has 0 spiro atoms. The summed E-state index contributed by atoms with van der Waals surface area (Å²) in [6, 6.07) is 58.7. The van der Waals surface area contributed by atoms with Crippen molar-refractivity contribution in [2.24, 2.45) is 4.36 Å². The van der Waals surface area contributed by atoms with Crippen LogP contribution in [0.4, 0.5) is 5.69 Å². The van der Waals surface area contributed by atoms with Gasteiger partial charge in [-0.1, -0.05) is 127 Å². The van der Waals surface area contributed by atoms with Crippen molar-refractivity contribution >= 4 is 37.2 Å². The second kappa shape index (κ2) is 12.0. The summed E-state index contributed by atoms with van der Waals surface area (Å²) in [4.78, 5) is 16.5. The maximum absolute atomic E-state index is 14.6. The van der Waals surface area contributed by atoms with Gasteiger partial charge in [0.25, 0.3) is 0 Å². The molecule has 0 bridgehead atoms. The van der Waals surface area contributed by atoms with Gasteiger partial charge in [-0.25, -0.2) is 9.19 Å². The summed E-state index contributed by atoms with van der Waals surface area (Å²) in [5.74, 6) is 1.78. The molecule has 0 fully saturated rings. The molecule has 52 heavy (non-hydrogen) atoms. The molecular formula is C45H29N5OS. The van der Waals surface area contributed by atoms with E-state index in [1.165, 1.54) is 0 Å². The van der Waals surface area contributed by atoms with Crippen LogP contribution >= 0.6 is 0 Å². The van der Waals surface area contributed by atoms with Crippen LogP contribution in [0.3, 0.4) is 0 Å². The Morgan fingerprint density at radius 2 is 1.02 bits per heavy atom. The highest BCUT2D eigenvalue weighted by atomic mass is 32.2. The molecule has 3 heterocycles. The molecule has 6 nitrogen and oxygen atoms in total. The molecule has 1 atom stereocenters. The SMILES string of the molecule is O=S1(c2ccccc2)=Nc2ccc(-c3ccc4c(c3)c3ccccc3n4-c3nc(-c4ccccc4)nc(-c4ccccc4)n3)cc2-c2ccccc21. The molecular weight excluding hydrogens is 659 g/mol. The third kappa shape index (κ3) is 4.86. The molecule has 1 aliphatic rings. The van der Waals surface area contributed by atoms with Crippen molar-refractivity contribution in [3.63, 3.8) is 0 Å². The molecule has 7 aromatic carbocycles. The monoisotopic (exact) mass is 687 g/mol. The zero-order valence-corrected chi connectivity index (χ0v) is 28.6. The van der Waals surface area contributed by atoms with Gasteiger partial charge in [0.05, 0.1) is 26.5 Å². The van der Waals surface area contributed by atoms with Crippen molar-refractivity contribution in [3.8, 4) is 51.0 Å². The molecule has 9 aromatic rings. The summed E-state index contributed by atoms with van der Waals surface area (Å²) < 4.78 is 21.6. The van der Waals surface area contributed by atoms with Gasteiger partial charge in [0, 0.05) is 33.0 Å². The van der Waals surface area contributed by atoms with Gasteiger partial charge >= 0.3 is 0 Å². The summed E-state index contributed by atoms with van der Waals surface area (Å²) in [6.07, 6.45) is 0. The van der Waals surface area contributed by atoms with Gasteiger partial charge in [-0.15, -0.1) is 0 Å². The lowest BCUT2D eigenvalue weighted by atomic mass is 9.96. The van der Waals surface area contributed by atoms with Gasteiger partial charge < -0.3 is 0 Å². The van der Waals surface area contributed by atoms with Gasteiger partial charge in [0.1, 0.15) is 9.73 Å². The summed E-state index contributed by atoms with van der Waals surface area (Å²) in [7, 11) is -2.83. The molecule has 1 aliphatic heterocycles. The number of aromatic nitrogens is 4. The van der Waals surface area contributed by atoms with E-state index in [4.69, 9.17) is 19.3 Å². The number of benzene rings is 7. The molecule has 246 valence electrons. The molecule has 0 aliphatic carbocycles. The topological polar surface area (TPSA) is 73.0 Å². The average molecular weight is 688 g/mol. The smallest absolute Gasteiger partial charge is 0.238 e. The van der Waals surface area contributed by atoms with Gasteiger partial charge in [-0.05, 0) is 59.7 Å². The van der Waals surface area contributed by atoms with E-state index in [0.29, 0.717) is 22.5 Å². The Balaban J connectivity index is 1.15. The second-order valence-electron chi connectivity index (χ2n) is 12.8. The Bertz CT molecular complexity index is 2890. The Morgan fingerprint density at radius 3 is 1.75 bits per heavy atom. The van der Waals surface area contributed by atoms with Crippen molar-refractivity contribution in [2.75, 3.05) is 0 Å². The fourth-order valence-electron chi connectivity index (χ4n) is 7.18. The lowest BCUT2D eigenvalue weighted by molar-refractivity contribution is 0.676. The predicted octanol–water partition coefficient (Wildman–Crippen LogP) is 11.2. The first-order chi connectivity index (χ1) is 25.6. The number of para-hydroxylation sites is 1. The fourth-order valence-corrected chi connectivity index (χ4v) is 9.34. The number of fused-ring (bicyclic) bond motifs is 6. The largest absolute Gasteiger partial charge is 0.278 e. The highest BCUT2D eigenvalue weighted by molar-refractivity contribution is 7.94. The van der Waals surface area contributed by atoms with Crippen molar-refractivity contribution in [3.05, 3.63) is 176 Å². The molecule has 2 aromatic heterocycles. The number of hydrogen-bond donors (Lipinski definition) is 0. The number of hydrogen-bond acceptors (Lipinski definition) is 5. The van der Waals surface area contributed by atoms with Crippen LogP contribution < -0.4 is 0 Å². The van der Waals surface area contributed by atoms with Crippen LogP contribution in [0.25, 0.3) is 72.8 Å². The maximum atomic E-state index is 14.6. The van der Waals surface area contributed by atoms with E-state index in [1.54, 1.807) is 0 Å². The van der Waals surface area contributed by atoms with Crippen LogP contribution in [0.1, 0.15) is 0 Å². The minimum Gasteiger partial charge on any atom is -0.278 e. The minimum absolute atomic E-state index is 0.556. The van der Waals surface area contributed by atoms with Crippen LogP contribution in [0, 0.1) is 0 Å². The molecule has 0 amide bonds. The van der Waals surface area contributed by atoms with Crippen LogP contribution in [-0.2, 0) is 9.73 Å². The molecule has 0 saturated carbocycles. The quantitative estimate of drug-likeness (QED) is 0.180. The van der Waals surface area contributed by atoms with Crippen molar-refractivity contribution in [1.82, 2.24) is 19.5 Å². The normalized spacial score (nSPS) is 14.8. The number of nitrogens with zero attached hydrogens (tertiary/aromatic N) is 5. The molecule has 10 rings (SSSR count). The minimum atomic E-state index is -2.83. The van der Waals surface area contributed by atoms with Crippen LogP contribution in [0.5, 0.6) is 0 Å². The first-order valence-corrected chi connectivity index (χ1v) is 18.6. The van der Waals surface area contributed by atoms with E-state index in [2.05, 4.69) is 53.1 Å². The van der Waals surface area contributed by atoms with Gasteiger partial charge in [-0.2, -0.15) is 14.3 Å². The third-order valence-electron chi connectivity index (χ3n) is 9.65. The first kappa shape index (κ1) is 30.2. The standard InChI is InChI=1S/C45H29N5OS/c51-52(34-18-8-3-9-19-34)42-23-13-11-21-36(42)37-28-32(24-26-39(37)49-52)33-25-27-41-38(29-33)35-20-10-12-22-40(35)50(41)45-47-43(30-14-4-1-5-15-30)46-44(48-45)31-16-6-2-7-17-31/h1-29H. The predicted molar refractivity (Wildman–Crippen MR) is 209 cm³/mol. The van der Waals surface area contributed by atoms with Crippen LogP contribution in [0.15, 0.2) is 190 Å². The van der Waals surface area contributed by atoms with Gasteiger partial charge in [0.15, 0.2) is 11.6 Å². The molecule has 0 radical (unpaired) electrons. The Hall–Kier alpha value is -6.70. The van der Waals surface area contributed by atoms with Crippen LogP contribution in [-0.4, -0.2) is 23.7 Å². The van der Waals surface area contributed by atoms with E-state index in [-0.39, 0.29) is 0 Å². The van der Waals surface area contributed by atoms with E-state index >= 15 is 0 Å². The summed E-state index contributed by atoms with van der Waals surface area (Å²) >= 11 is 0. The lowest BCUT2D eigenvalue weighted by Gasteiger charge is -2.22. The van der Waals surface area contributed by atoms with E-state index in [9.17, 15) is 4.21 Å². The van der Waals surface area contributed by atoms with Crippen molar-refractivity contribution in [2.45, 2.75) is 9.79 Å². The fraction of sp³-hybridized carbons (Fsp3) is 0. The molecule has 0 N–H and O–H groups in total. The summed E-state index contributed by atoms with van der Waals surface area (Å²) in [6.45, 7) is 0. The van der Waals surface area contributed by atoms with Gasteiger partial charge in [0.2, 0.25) is 5.95 Å². The van der Waals surface area contributed by atoms with Gasteiger partial charge in [-0.3, -0.25) is 4.57 Å². The highest BCUT2D eigenvalue weighted by Crippen LogP contribution is 2.46. The summed E-state index contributed by atoms with van der Waals surface area (Å²) in [5, 5.41) is 2.19. The average Bonchev–Trinajstić information content (AvgIpc) is 3.55. The molecule has 7 heteroatoms.